The lowest BCUT2D eigenvalue weighted by Gasteiger charge is -2.04. The number of thioether (sulfide) groups is 1. The van der Waals surface area contributed by atoms with Gasteiger partial charge in [-0.05, 0) is 24.3 Å². The molecule has 108 valence electrons. The van der Waals surface area contributed by atoms with Crippen LogP contribution in [0.25, 0.3) is 10.2 Å². The standard InChI is InChI=1S/C12H12N6OS2/c13-9-7-3-4-20-10(7)15-8(14-9)5-21-12-17-16-11(19)18(12)6-1-2-6/h3-4,6H,1-2,5H2,(H,16,19)(H2,13,14,15). The maximum absolute atomic E-state index is 11.7. The molecule has 0 radical (unpaired) electrons. The van der Waals surface area contributed by atoms with Crippen molar-refractivity contribution in [3.8, 4) is 0 Å². The van der Waals surface area contributed by atoms with Crippen molar-refractivity contribution in [2.24, 2.45) is 0 Å². The molecule has 0 amide bonds. The van der Waals surface area contributed by atoms with E-state index in [0.717, 1.165) is 23.1 Å². The molecular weight excluding hydrogens is 308 g/mol. The molecule has 1 fully saturated rings. The molecule has 1 aliphatic carbocycles. The van der Waals surface area contributed by atoms with Crippen LogP contribution < -0.4 is 11.4 Å². The summed E-state index contributed by atoms with van der Waals surface area (Å²) < 4.78 is 1.72. The quantitative estimate of drug-likeness (QED) is 0.710. The molecule has 3 aromatic heterocycles. The third-order valence-electron chi connectivity index (χ3n) is 3.32. The van der Waals surface area contributed by atoms with Crippen LogP contribution in [0.3, 0.4) is 0 Å². The van der Waals surface area contributed by atoms with Crippen LogP contribution in [0.4, 0.5) is 5.82 Å². The van der Waals surface area contributed by atoms with Gasteiger partial charge in [0.05, 0.1) is 11.1 Å². The number of rotatable bonds is 4. The summed E-state index contributed by atoms with van der Waals surface area (Å²) in [5.41, 5.74) is 5.79. The number of hydrogen-bond acceptors (Lipinski definition) is 7. The Kier molecular flexibility index (Phi) is 2.96. The van der Waals surface area contributed by atoms with Gasteiger partial charge in [0.2, 0.25) is 0 Å². The maximum Gasteiger partial charge on any atom is 0.344 e. The van der Waals surface area contributed by atoms with Crippen LogP contribution in [0.15, 0.2) is 21.4 Å². The van der Waals surface area contributed by atoms with Gasteiger partial charge < -0.3 is 5.73 Å². The number of H-pyrrole nitrogens is 1. The molecule has 3 N–H and O–H groups in total. The van der Waals surface area contributed by atoms with Crippen LogP contribution in [0.1, 0.15) is 24.7 Å². The highest BCUT2D eigenvalue weighted by molar-refractivity contribution is 7.98. The predicted molar refractivity (Wildman–Crippen MR) is 82.5 cm³/mol. The highest BCUT2D eigenvalue weighted by Gasteiger charge is 2.28. The number of anilines is 1. The van der Waals surface area contributed by atoms with Gasteiger partial charge >= 0.3 is 5.69 Å². The van der Waals surface area contributed by atoms with Gasteiger partial charge in [0, 0.05) is 6.04 Å². The van der Waals surface area contributed by atoms with E-state index in [9.17, 15) is 4.79 Å². The number of nitrogens with one attached hydrogen (secondary N) is 1. The van der Waals surface area contributed by atoms with Gasteiger partial charge in [0.25, 0.3) is 0 Å². The van der Waals surface area contributed by atoms with Gasteiger partial charge in [-0.3, -0.25) is 4.57 Å². The fourth-order valence-electron chi connectivity index (χ4n) is 2.16. The summed E-state index contributed by atoms with van der Waals surface area (Å²) >= 11 is 3.00. The average Bonchev–Trinajstić information content (AvgIpc) is 3.05. The summed E-state index contributed by atoms with van der Waals surface area (Å²) in [5.74, 6) is 1.69. The summed E-state index contributed by atoms with van der Waals surface area (Å²) in [6.07, 6.45) is 2.08. The van der Waals surface area contributed by atoms with Gasteiger partial charge in [0.1, 0.15) is 16.5 Å². The maximum atomic E-state index is 11.7. The van der Waals surface area contributed by atoms with E-state index in [2.05, 4.69) is 20.2 Å². The van der Waals surface area contributed by atoms with Crippen molar-refractivity contribution < 1.29 is 0 Å². The molecule has 3 heterocycles. The third kappa shape index (κ3) is 2.32. The molecule has 0 aromatic carbocycles. The summed E-state index contributed by atoms with van der Waals surface area (Å²) in [6.45, 7) is 0. The van der Waals surface area contributed by atoms with Crippen molar-refractivity contribution in [1.29, 1.82) is 0 Å². The normalized spacial score (nSPS) is 14.9. The molecule has 0 bridgehead atoms. The van der Waals surface area contributed by atoms with E-state index in [0.29, 0.717) is 28.6 Å². The number of nitrogens with two attached hydrogens (primary N) is 1. The molecule has 3 aromatic rings. The smallest absolute Gasteiger partial charge is 0.344 e. The van der Waals surface area contributed by atoms with E-state index in [4.69, 9.17) is 5.73 Å². The molecule has 9 heteroatoms. The SMILES string of the molecule is Nc1nc(CSc2n[nH]c(=O)n2C2CC2)nc2sccc12. The average molecular weight is 320 g/mol. The number of nitrogens with zero attached hydrogens (tertiary/aromatic N) is 4. The zero-order valence-electron chi connectivity index (χ0n) is 10.9. The molecule has 0 unspecified atom stereocenters. The number of aromatic nitrogens is 5. The monoisotopic (exact) mass is 320 g/mol. The number of fused-ring (bicyclic) bond motifs is 1. The van der Waals surface area contributed by atoms with Gasteiger partial charge in [-0.15, -0.1) is 16.4 Å². The molecule has 4 rings (SSSR count). The highest BCUT2D eigenvalue weighted by Crippen LogP contribution is 2.36. The van der Waals surface area contributed by atoms with Crippen molar-refractivity contribution in [3.63, 3.8) is 0 Å². The summed E-state index contributed by atoms with van der Waals surface area (Å²) in [6, 6.07) is 2.22. The first-order chi connectivity index (χ1) is 10.2. The molecule has 0 spiro atoms. The first-order valence-electron chi connectivity index (χ1n) is 6.51. The van der Waals surface area contributed by atoms with Gasteiger partial charge in [0.15, 0.2) is 5.16 Å². The minimum absolute atomic E-state index is 0.144. The van der Waals surface area contributed by atoms with E-state index in [1.165, 1.54) is 11.8 Å². The van der Waals surface area contributed by atoms with Crippen LogP contribution in [0.5, 0.6) is 0 Å². The van der Waals surface area contributed by atoms with Crippen LogP contribution >= 0.6 is 23.1 Å². The van der Waals surface area contributed by atoms with E-state index in [1.807, 2.05) is 11.4 Å². The van der Waals surface area contributed by atoms with E-state index < -0.39 is 0 Å². The number of hydrogen-bond donors (Lipinski definition) is 2. The summed E-state index contributed by atoms with van der Waals surface area (Å²) in [7, 11) is 0. The van der Waals surface area contributed by atoms with Gasteiger partial charge in [-0.2, -0.15) is 0 Å². The molecule has 0 saturated heterocycles. The Morgan fingerprint density at radius 2 is 2.33 bits per heavy atom. The van der Waals surface area contributed by atoms with Crippen LogP contribution in [0.2, 0.25) is 0 Å². The first-order valence-corrected chi connectivity index (χ1v) is 8.38. The molecule has 0 aliphatic heterocycles. The fraction of sp³-hybridized carbons (Fsp3) is 0.333. The Bertz CT molecular complexity index is 862. The molecule has 21 heavy (non-hydrogen) atoms. The number of aromatic amines is 1. The number of thiophene rings is 1. The minimum atomic E-state index is -0.144. The van der Waals surface area contributed by atoms with Crippen molar-refractivity contribution in [3.05, 3.63) is 27.8 Å². The van der Waals surface area contributed by atoms with E-state index >= 15 is 0 Å². The van der Waals surface area contributed by atoms with Crippen molar-refractivity contribution in [2.45, 2.75) is 29.8 Å². The lowest BCUT2D eigenvalue weighted by Crippen LogP contribution is -2.16. The van der Waals surface area contributed by atoms with Gasteiger partial charge in [-0.1, -0.05) is 11.8 Å². The lowest BCUT2D eigenvalue weighted by molar-refractivity contribution is 0.642. The Morgan fingerprint density at radius 3 is 3.14 bits per heavy atom. The van der Waals surface area contributed by atoms with Crippen LogP contribution in [-0.2, 0) is 5.75 Å². The topological polar surface area (TPSA) is 102 Å². The van der Waals surface area contributed by atoms with Crippen molar-refractivity contribution in [1.82, 2.24) is 24.7 Å². The first kappa shape index (κ1) is 12.8. The third-order valence-corrected chi connectivity index (χ3v) is 5.07. The van der Waals surface area contributed by atoms with E-state index in [-0.39, 0.29) is 5.69 Å². The molecule has 0 atom stereocenters. The Labute approximate surface area is 127 Å². The molecule has 1 aliphatic rings. The Balaban J connectivity index is 1.59. The largest absolute Gasteiger partial charge is 0.383 e. The highest BCUT2D eigenvalue weighted by atomic mass is 32.2. The van der Waals surface area contributed by atoms with Crippen LogP contribution in [-0.4, -0.2) is 24.7 Å². The molecule has 1 saturated carbocycles. The number of nitrogen functional groups attached to an aromatic ring is 1. The second-order valence-corrected chi connectivity index (χ2v) is 6.70. The Hall–Kier alpha value is -1.87. The molecular formula is C12H12N6OS2. The zero-order valence-corrected chi connectivity index (χ0v) is 12.6. The second kappa shape index (κ2) is 4.85. The second-order valence-electron chi connectivity index (χ2n) is 4.87. The Morgan fingerprint density at radius 1 is 1.48 bits per heavy atom. The van der Waals surface area contributed by atoms with E-state index in [1.54, 1.807) is 15.9 Å². The zero-order chi connectivity index (χ0) is 14.4. The fourth-order valence-corrected chi connectivity index (χ4v) is 3.82. The summed E-state index contributed by atoms with van der Waals surface area (Å²) in [4.78, 5) is 21.4. The lowest BCUT2D eigenvalue weighted by atomic mass is 10.4. The minimum Gasteiger partial charge on any atom is -0.383 e. The molecule has 7 nitrogen and oxygen atoms in total. The summed E-state index contributed by atoms with van der Waals surface area (Å²) in [5, 5.41) is 10.1. The van der Waals surface area contributed by atoms with Crippen molar-refractivity contribution in [2.75, 3.05) is 5.73 Å². The predicted octanol–water partition coefficient (Wildman–Crippen LogP) is 1.79. The van der Waals surface area contributed by atoms with Gasteiger partial charge in [-0.25, -0.2) is 19.9 Å². The van der Waals surface area contributed by atoms with Crippen LogP contribution in [0, 0.1) is 0 Å². The van der Waals surface area contributed by atoms with Crippen molar-refractivity contribution >= 4 is 39.1 Å².